The highest BCUT2D eigenvalue weighted by Crippen LogP contribution is 2.12. The number of nitrogens with one attached hydrogen (secondary N) is 1. The van der Waals surface area contributed by atoms with E-state index in [0.29, 0.717) is 17.4 Å². The Labute approximate surface area is 95.9 Å². The molecule has 0 rings (SSSR count). The summed E-state index contributed by atoms with van der Waals surface area (Å²) in [6, 6.07) is 1.96. The first-order chi connectivity index (χ1) is 7.02. The summed E-state index contributed by atoms with van der Waals surface area (Å²) in [4.78, 5) is 11.5. The predicted octanol–water partition coefficient (Wildman–Crippen LogP) is 2.31. The van der Waals surface area contributed by atoms with Crippen molar-refractivity contribution in [3.63, 3.8) is 0 Å². The van der Waals surface area contributed by atoms with Crippen molar-refractivity contribution in [3.05, 3.63) is 11.3 Å². The van der Waals surface area contributed by atoms with Gasteiger partial charge in [-0.1, -0.05) is 32.5 Å². The zero-order valence-electron chi connectivity index (χ0n) is 9.76. The fourth-order valence-corrected chi connectivity index (χ4v) is 1.54. The molecule has 0 unspecified atom stereocenters. The molecule has 15 heavy (non-hydrogen) atoms. The molecule has 4 heteroatoms. The number of nitrogens with zero attached hydrogens (tertiary/aromatic N) is 1. The first-order valence-electron chi connectivity index (χ1n) is 5.04. The van der Waals surface area contributed by atoms with Crippen LogP contribution in [0.15, 0.2) is 11.3 Å². The molecule has 0 fully saturated rings. The van der Waals surface area contributed by atoms with Crippen LogP contribution in [0.5, 0.6) is 0 Å². The van der Waals surface area contributed by atoms with Crippen LogP contribution in [0.2, 0.25) is 0 Å². The maximum Gasteiger partial charge on any atom is 0.231 e. The van der Waals surface area contributed by atoms with Crippen molar-refractivity contribution < 1.29 is 4.79 Å². The number of hydrogen-bond donors (Lipinski definition) is 1. The zero-order valence-corrected chi connectivity index (χ0v) is 10.6. The highest BCUT2D eigenvalue weighted by Gasteiger charge is 2.12. The van der Waals surface area contributed by atoms with Gasteiger partial charge in [0.15, 0.2) is 0 Å². The molecule has 0 bridgehead atoms. The molecule has 3 nitrogen and oxygen atoms in total. The third-order valence-corrected chi connectivity index (χ3v) is 2.50. The van der Waals surface area contributed by atoms with Gasteiger partial charge in [-0.15, -0.1) is 0 Å². The van der Waals surface area contributed by atoms with Crippen molar-refractivity contribution in [2.75, 3.05) is 12.3 Å². The third kappa shape index (κ3) is 5.48. The molecule has 0 aliphatic carbocycles. The van der Waals surface area contributed by atoms with E-state index in [2.05, 4.69) is 19.2 Å². The van der Waals surface area contributed by atoms with Gasteiger partial charge in [0.1, 0.15) is 11.6 Å². The van der Waals surface area contributed by atoms with Crippen LogP contribution in [0, 0.1) is 17.2 Å². The maximum absolute atomic E-state index is 11.5. The van der Waals surface area contributed by atoms with Crippen LogP contribution in [-0.4, -0.2) is 17.4 Å². The van der Waals surface area contributed by atoms with Gasteiger partial charge in [0.25, 0.3) is 0 Å². The summed E-state index contributed by atoms with van der Waals surface area (Å²) in [5.41, 5.74) is 0.916. The second kappa shape index (κ2) is 7.36. The average Bonchev–Trinajstić information content (AvgIpc) is 2.16. The van der Waals surface area contributed by atoms with E-state index in [1.807, 2.05) is 13.0 Å². The fraction of sp³-hybridized carbons (Fsp3) is 0.636. The van der Waals surface area contributed by atoms with Gasteiger partial charge in [-0.05, 0) is 18.6 Å². The molecule has 0 heterocycles. The van der Waals surface area contributed by atoms with Gasteiger partial charge < -0.3 is 5.32 Å². The van der Waals surface area contributed by atoms with Crippen LogP contribution in [0.3, 0.4) is 0 Å². The third-order valence-electron chi connectivity index (χ3n) is 1.74. The van der Waals surface area contributed by atoms with Crippen molar-refractivity contribution in [1.82, 2.24) is 5.32 Å². The van der Waals surface area contributed by atoms with Crippen LogP contribution in [0.1, 0.15) is 27.7 Å². The molecule has 0 aromatic carbocycles. The SMILES string of the molecule is CCSC(=O)C(C#N)=C(C)NCC(C)C. The second-order valence-corrected chi connectivity index (χ2v) is 4.84. The van der Waals surface area contributed by atoms with Crippen molar-refractivity contribution >= 4 is 16.9 Å². The minimum Gasteiger partial charge on any atom is -0.387 e. The lowest BCUT2D eigenvalue weighted by Gasteiger charge is -2.10. The highest BCUT2D eigenvalue weighted by molar-refractivity contribution is 8.14. The van der Waals surface area contributed by atoms with Gasteiger partial charge in [0.2, 0.25) is 5.12 Å². The monoisotopic (exact) mass is 226 g/mol. The van der Waals surface area contributed by atoms with E-state index in [1.165, 1.54) is 11.8 Å². The molecule has 0 spiro atoms. The zero-order chi connectivity index (χ0) is 11.8. The van der Waals surface area contributed by atoms with Crippen LogP contribution >= 0.6 is 11.8 Å². The van der Waals surface area contributed by atoms with E-state index in [4.69, 9.17) is 5.26 Å². The Morgan fingerprint density at radius 2 is 2.13 bits per heavy atom. The minimum atomic E-state index is -0.145. The number of carbonyl (C=O) groups is 1. The van der Waals surface area contributed by atoms with Crippen molar-refractivity contribution in [1.29, 1.82) is 5.26 Å². The summed E-state index contributed by atoms with van der Waals surface area (Å²) in [6.45, 7) is 8.61. The van der Waals surface area contributed by atoms with Crippen LogP contribution in [0.4, 0.5) is 0 Å². The van der Waals surface area contributed by atoms with E-state index >= 15 is 0 Å². The summed E-state index contributed by atoms with van der Waals surface area (Å²) in [6.07, 6.45) is 0. The first kappa shape index (κ1) is 14.1. The Kier molecular flexibility index (Phi) is 6.89. The van der Waals surface area contributed by atoms with Gasteiger partial charge in [0, 0.05) is 12.2 Å². The summed E-state index contributed by atoms with van der Waals surface area (Å²) in [5.74, 6) is 1.19. The highest BCUT2D eigenvalue weighted by atomic mass is 32.2. The van der Waals surface area contributed by atoms with Crippen molar-refractivity contribution in [3.8, 4) is 6.07 Å². The molecule has 0 atom stereocenters. The van der Waals surface area contributed by atoms with Crippen molar-refractivity contribution in [2.45, 2.75) is 27.7 Å². The van der Waals surface area contributed by atoms with Gasteiger partial charge in [0.05, 0.1) is 0 Å². The number of nitriles is 1. The topological polar surface area (TPSA) is 52.9 Å². The van der Waals surface area contributed by atoms with E-state index < -0.39 is 0 Å². The fourth-order valence-electron chi connectivity index (χ4n) is 0.931. The number of allylic oxidation sites excluding steroid dienone is 1. The molecular weight excluding hydrogens is 208 g/mol. The molecule has 84 valence electrons. The van der Waals surface area contributed by atoms with Gasteiger partial charge in [-0.25, -0.2) is 0 Å². The normalized spacial score (nSPS) is 12.0. The standard InChI is InChI=1S/C11H18N2OS/c1-5-15-11(14)10(6-12)9(4)13-7-8(2)3/h8,13H,5,7H2,1-4H3. The molecule has 0 aliphatic rings. The second-order valence-electron chi connectivity index (χ2n) is 3.61. The average molecular weight is 226 g/mol. The molecule has 0 radical (unpaired) electrons. The number of carbonyl (C=O) groups excluding carboxylic acids is 1. The summed E-state index contributed by atoms with van der Waals surface area (Å²) < 4.78 is 0. The largest absolute Gasteiger partial charge is 0.387 e. The number of thioether (sulfide) groups is 1. The smallest absolute Gasteiger partial charge is 0.231 e. The molecule has 0 saturated carbocycles. The van der Waals surface area contributed by atoms with Gasteiger partial charge in [-0.2, -0.15) is 5.26 Å². The van der Waals surface area contributed by atoms with Crippen molar-refractivity contribution in [2.24, 2.45) is 5.92 Å². The minimum absolute atomic E-state index is 0.145. The number of hydrogen-bond acceptors (Lipinski definition) is 4. The van der Waals surface area contributed by atoms with Gasteiger partial charge in [-0.3, -0.25) is 4.79 Å². The Hall–Kier alpha value is -0.950. The molecule has 0 aromatic rings. The lowest BCUT2D eigenvalue weighted by atomic mass is 10.2. The Morgan fingerprint density at radius 1 is 1.53 bits per heavy atom. The molecule has 0 aliphatic heterocycles. The summed E-state index contributed by atoms with van der Waals surface area (Å²) >= 11 is 1.17. The van der Waals surface area contributed by atoms with Crippen LogP contribution < -0.4 is 5.32 Å². The molecular formula is C11H18N2OS. The first-order valence-corrected chi connectivity index (χ1v) is 6.03. The Morgan fingerprint density at radius 3 is 2.53 bits per heavy atom. The van der Waals surface area contributed by atoms with E-state index in [-0.39, 0.29) is 10.7 Å². The molecule has 1 N–H and O–H groups in total. The van der Waals surface area contributed by atoms with Crippen LogP contribution in [-0.2, 0) is 4.79 Å². The molecule has 0 amide bonds. The summed E-state index contributed by atoms with van der Waals surface area (Å²) in [5, 5.41) is 11.8. The maximum atomic E-state index is 11.5. The number of rotatable bonds is 5. The predicted molar refractivity (Wildman–Crippen MR) is 64.3 cm³/mol. The molecule has 0 saturated heterocycles. The lowest BCUT2D eigenvalue weighted by molar-refractivity contribution is -0.107. The molecule has 0 aromatic heterocycles. The van der Waals surface area contributed by atoms with E-state index in [0.717, 1.165) is 6.54 Å². The van der Waals surface area contributed by atoms with Crippen LogP contribution in [0.25, 0.3) is 0 Å². The Balaban J connectivity index is 4.54. The van der Waals surface area contributed by atoms with E-state index in [1.54, 1.807) is 6.92 Å². The van der Waals surface area contributed by atoms with E-state index in [9.17, 15) is 4.79 Å². The van der Waals surface area contributed by atoms with Gasteiger partial charge >= 0.3 is 0 Å². The Bertz CT molecular complexity index is 289. The lowest BCUT2D eigenvalue weighted by Crippen LogP contribution is -2.20. The summed E-state index contributed by atoms with van der Waals surface area (Å²) in [7, 11) is 0. The quantitative estimate of drug-likeness (QED) is 0.577.